The third kappa shape index (κ3) is 3.03. The molecule has 1 aromatic heterocycles. The van der Waals surface area contributed by atoms with Crippen LogP contribution in [0, 0.1) is 11.7 Å². The normalized spacial score (nSPS) is 17.9. The molecule has 4 nitrogen and oxygen atoms in total. The molecule has 0 aliphatic carbocycles. The van der Waals surface area contributed by atoms with Gasteiger partial charge in [0.1, 0.15) is 5.82 Å². The van der Waals surface area contributed by atoms with E-state index in [4.69, 9.17) is 0 Å². The zero-order valence-electron chi connectivity index (χ0n) is 12.7. The number of rotatable bonds is 4. The van der Waals surface area contributed by atoms with Gasteiger partial charge in [0.25, 0.3) is 5.56 Å². The molecule has 2 aromatic rings. The molecule has 0 radical (unpaired) electrons. The Balaban J connectivity index is 1.62. The maximum atomic E-state index is 13.6. The van der Waals surface area contributed by atoms with Crippen LogP contribution >= 0.6 is 0 Å². The van der Waals surface area contributed by atoms with Crippen molar-refractivity contribution in [2.45, 2.75) is 19.3 Å². The number of hydrogen-bond acceptors (Lipinski definition) is 3. The molecule has 0 spiro atoms. The van der Waals surface area contributed by atoms with Crippen molar-refractivity contribution in [2.24, 2.45) is 13.0 Å². The summed E-state index contributed by atoms with van der Waals surface area (Å²) in [5, 5.41) is 0. The third-order valence-electron chi connectivity index (χ3n) is 4.36. The van der Waals surface area contributed by atoms with Crippen LogP contribution in [0.4, 0.5) is 10.2 Å². The lowest BCUT2D eigenvalue weighted by Gasteiger charge is -2.17. The number of aryl methyl sites for hydroxylation is 2. The van der Waals surface area contributed by atoms with Crippen LogP contribution in [0.25, 0.3) is 0 Å². The molecule has 2 heterocycles. The van der Waals surface area contributed by atoms with Crippen LogP contribution in [0.3, 0.4) is 0 Å². The van der Waals surface area contributed by atoms with E-state index < -0.39 is 0 Å². The van der Waals surface area contributed by atoms with Crippen LogP contribution in [-0.4, -0.2) is 22.6 Å². The van der Waals surface area contributed by atoms with Crippen molar-refractivity contribution in [1.29, 1.82) is 0 Å². The smallest absolute Gasteiger partial charge is 0.293 e. The molecule has 1 unspecified atom stereocenters. The van der Waals surface area contributed by atoms with Crippen LogP contribution in [0.1, 0.15) is 18.4 Å². The molecule has 0 bridgehead atoms. The number of halogens is 1. The number of aromatic nitrogens is 2. The Morgan fingerprint density at radius 2 is 2.18 bits per heavy atom. The number of nitrogens with zero attached hydrogens (tertiary/aromatic N) is 3. The second-order valence-electron chi connectivity index (χ2n) is 5.90. The largest absolute Gasteiger partial charge is 0.352 e. The van der Waals surface area contributed by atoms with E-state index in [1.807, 2.05) is 17.0 Å². The molecule has 1 atom stereocenters. The third-order valence-corrected chi connectivity index (χ3v) is 4.36. The highest BCUT2D eigenvalue weighted by Crippen LogP contribution is 2.24. The van der Waals surface area contributed by atoms with Crippen LogP contribution in [0.5, 0.6) is 0 Å². The SMILES string of the molecule is Cn1ccnc(N2CCC(CCc3ccccc3F)C2)c1=O. The predicted octanol–water partition coefficient (Wildman–Crippen LogP) is 2.38. The lowest BCUT2D eigenvalue weighted by Crippen LogP contribution is -2.30. The van der Waals surface area contributed by atoms with Gasteiger partial charge in [0.2, 0.25) is 0 Å². The second-order valence-corrected chi connectivity index (χ2v) is 5.90. The van der Waals surface area contributed by atoms with Crippen LogP contribution < -0.4 is 10.5 Å². The fourth-order valence-corrected chi connectivity index (χ4v) is 3.02. The van der Waals surface area contributed by atoms with Gasteiger partial charge < -0.3 is 9.47 Å². The molecule has 0 N–H and O–H groups in total. The van der Waals surface area contributed by atoms with E-state index in [-0.39, 0.29) is 11.4 Å². The molecule has 1 fully saturated rings. The molecule has 5 heteroatoms. The molecule has 116 valence electrons. The van der Waals surface area contributed by atoms with E-state index in [0.717, 1.165) is 37.9 Å². The van der Waals surface area contributed by atoms with E-state index in [9.17, 15) is 9.18 Å². The molecular formula is C17H20FN3O. The van der Waals surface area contributed by atoms with Gasteiger partial charge in [0, 0.05) is 32.5 Å². The molecule has 1 saturated heterocycles. The maximum absolute atomic E-state index is 13.6. The summed E-state index contributed by atoms with van der Waals surface area (Å²) in [5.41, 5.74) is 0.715. The summed E-state index contributed by atoms with van der Waals surface area (Å²) < 4.78 is 15.2. The zero-order valence-corrected chi connectivity index (χ0v) is 12.7. The number of anilines is 1. The topological polar surface area (TPSA) is 38.1 Å². The Morgan fingerprint density at radius 1 is 1.36 bits per heavy atom. The quantitative estimate of drug-likeness (QED) is 0.870. The van der Waals surface area contributed by atoms with Gasteiger partial charge in [-0.1, -0.05) is 18.2 Å². The number of benzene rings is 1. The first-order chi connectivity index (χ1) is 10.6. The molecule has 0 amide bonds. The summed E-state index contributed by atoms with van der Waals surface area (Å²) in [6, 6.07) is 6.94. The fourth-order valence-electron chi connectivity index (χ4n) is 3.02. The van der Waals surface area contributed by atoms with Crippen LogP contribution in [0.15, 0.2) is 41.5 Å². The predicted molar refractivity (Wildman–Crippen MR) is 84.5 cm³/mol. The first-order valence-corrected chi connectivity index (χ1v) is 7.65. The molecule has 3 rings (SSSR count). The van der Waals surface area contributed by atoms with Crippen molar-refractivity contribution in [3.8, 4) is 0 Å². The van der Waals surface area contributed by atoms with Gasteiger partial charge in [0.15, 0.2) is 5.82 Å². The second kappa shape index (κ2) is 6.30. The Kier molecular flexibility index (Phi) is 4.22. The average Bonchev–Trinajstić information content (AvgIpc) is 2.98. The van der Waals surface area contributed by atoms with Crippen LogP contribution in [0.2, 0.25) is 0 Å². The highest BCUT2D eigenvalue weighted by molar-refractivity contribution is 5.37. The Labute approximate surface area is 129 Å². The van der Waals surface area contributed by atoms with E-state index in [1.54, 1.807) is 30.1 Å². The molecule has 1 aliphatic rings. The molecular weight excluding hydrogens is 281 g/mol. The minimum absolute atomic E-state index is 0.0581. The lowest BCUT2D eigenvalue weighted by atomic mass is 9.98. The van der Waals surface area contributed by atoms with Crippen molar-refractivity contribution in [2.75, 3.05) is 18.0 Å². The van der Waals surface area contributed by atoms with Crippen LogP contribution in [-0.2, 0) is 13.5 Å². The van der Waals surface area contributed by atoms with Crippen molar-refractivity contribution in [1.82, 2.24) is 9.55 Å². The van der Waals surface area contributed by atoms with Gasteiger partial charge in [0.05, 0.1) is 0 Å². The Hall–Kier alpha value is -2.17. The average molecular weight is 301 g/mol. The van der Waals surface area contributed by atoms with Crippen molar-refractivity contribution >= 4 is 5.82 Å². The summed E-state index contributed by atoms with van der Waals surface area (Å²) in [6.45, 7) is 1.66. The zero-order chi connectivity index (χ0) is 15.5. The Bertz CT molecular complexity index is 713. The van der Waals surface area contributed by atoms with E-state index in [1.165, 1.54) is 6.07 Å². The van der Waals surface area contributed by atoms with Gasteiger partial charge in [-0.15, -0.1) is 0 Å². The van der Waals surface area contributed by atoms with Gasteiger partial charge >= 0.3 is 0 Å². The maximum Gasteiger partial charge on any atom is 0.293 e. The molecule has 22 heavy (non-hydrogen) atoms. The summed E-state index contributed by atoms with van der Waals surface area (Å²) in [7, 11) is 1.74. The summed E-state index contributed by atoms with van der Waals surface area (Å²) >= 11 is 0. The van der Waals surface area contributed by atoms with Crippen molar-refractivity contribution in [3.05, 3.63) is 58.4 Å². The van der Waals surface area contributed by atoms with E-state index in [0.29, 0.717) is 11.7 Å². The summed E-state index contributed by atoms with van der Waals surface area (Å²) in [5.74, 6) is 0.876. The van der Waals surface area contributed by atoms with E-state index in [2.05, 4.69) is 4.98 Å². The molecule has 1 aromatic carbocycles. The van der Waals surface area contributed by atoms with E-state index >= 15 is 0 Å². The lowest BCUT2D eigenvalue weighted by molar-refractivity contribution is 0.523. The molecule has 1 aliphatic heterocycles. The fraction of sp³-hybridized carbons (Fsp3) is 0.412. The minimum Gasteiger partial charge on any atom is -0.352 e. The first kappa shape index (κ1) is 14.8. The standard InChI is InChI=1S/C17H20FN3O/c1-20-11-9-19-16(17(20)22)21-10-8-13(12-21)6-7-14-4-2-3-5-15(14)18/h2-5,9,11,13H,6-8,10,12H2,1H3. The number of hydrogen-bond donors (Lipinski definition) is 0. The van der Waals surface area contributed by atoms with Crippen molar-refractivity contribution in [3.63, 3.8) is 0 Å². The minimum atomic E-state index is -0.129. The van der Waals surface area contributed by atoms with Gasteiger partial charge in [-0.2, -0.15) is 0 Å². The highest BCUT2D eigenvalue weighted by Gasteiger charge is 2.25. The summed E-state index contributed by atoms with van der Waals surface area (Å²) in [6.07, 6.45) is 6.02. The first-order valence-electron chi connectivity index (χ1n) is 7.65. The van der Waals surface area contributed by atoms with Gasteiger partial charge in [-0.25, -0.2) is 9.37 Å². The summed E-state index contributed by atoms with van der Waals surface area (Å²) in [4.78, 5) is 18.4. The highest BCUT2D eigenvalue weighted by atomic mass is 19.1. The van der Waals surface area contributed by atoms with Crippen molar-refractivity contribution < 1.29 is 4.39 Å². The Morgan fingerprint density at radius 3 is 3.00 bits per heavy atom. The van der Waals surface area contributed by atoms with Gasteiger partial charge in [-0.05, 0) is 36.8 Å². The molecule has 0 saturated carbocycles. The van der Waals surface area contributed by atoms with Gasteiger partial charge in [-0.3, -0.25) is 4.79 Å². The monoisotopic (exact) mass is 301 g/mol.